The smallest absolute Gasteiger partial charge is 0.294 e. The van der Waals surface area contributed by atoms with E-state index < -0.39 is 17.1 Å². The maximum Gasteiger partial charge on any atom is 0.294 e. The number of aryl methyl sites for hydroxylation is 2. The predicted molar refractivity (Wildman–Crippen MR) is 139 cm³/mol. The zero-order valence-electron chi connectivity index (χ0n) is 19.2. The van der Waals surface area contributed by atoms with E-state index in [0.29, 0.717) is 23.1 Å². The number of imide groups is 1. The van der Waals surface area contributed by atoms with Crippen LogP contribution in [0.3, 0.4) is 0 Å². The Kier molecular flexibility index (Phi) is 7.58. The van der Waals surface area contributed by atoms with Crippen LogP contribution in [0.4, 0.5) is 10.5 Å². The van der Waals surface area contributed by atoms with Gasteiger partial charge in [-0.05, 0) is 72.6 Å². The third-order valence-electron chi connectivity index (χ3n) is 5.37. The van der Waals surface area contributed by atoms with Gasteiger partial charge < -0.3 is 10.1 Å². The molecule has 0 atom stereocenters. The summed E-state index contributed by atoms with van der Waals surface area (Å²) in [5.74, 6) is -0.268. The van der Waals surface area contributed by atoms with Crippen molar-refractivity contribution in [3.05, 3.63) is 98.9 Å². The van der Waals surface area contributed by atoms with Crippen LogP contribution in [0.1, 0.15) is 22.3 Å². The van der Waals surface area contributed by atoms with Crippen LogP contribution in [0.15, 0.2) is 71.6 Å². The molecule has 1 saturated heterocycles. The van der Waals surface area contributed by atoms with Crippen molar-refractivity contribution < 1.29 is 19.1 Å². The number of carbonyl (C=O) groups is 3. The van der Waals surface area contributed by atoms with Crippen molar-refractivity contribution in [1.29, 1.82) is 0 Å². The molecule has 35 heavy (non-hydrogen) atoms. The minimum atomic E-state index is -0.491. The molecule has 1 heterocycles. The summed E-state index contributed by atoms with van der Waals surface area (Å²) in [4.78, 5) is 38.9. The molecule has 1 fully saturated rings. The fraction of sp³-hybridized carbons (Fsp3) is 0.148. The number of hydrogen-bond acceptors (Lipinski definition) is 5. The van der Waals surface area contributed by atoms with Gasteiger partial charge in [-0.15, -0.1) is 0 Å². The van der Waals surface area contributed by atoms with E-state index in [9.17, 15) is 14.4 Å². The average Bonchev–Trinajstić information content (AvgIpc) is 3.09. The SMILES string of the molecule is Cc1ccc(C)c(NC(=O)CN2C(=O)S/C(=C/c3ccc(OCc4ccccc4Cl)cc3)C2=O)c1. The zero-order valence-corrected chi connectivity index (χ0v) is 20.8. The lowest BCUT2D eigenvalue weighted by molar-refractivity contribution is -0.127. The normalized spacial score (nSPS) is 14.5. The second kappa shape index (κ2) is 10.8. The lowest BCUT2D eigenvalue weighted by Gasteiger charge is -2.14. The quantitative estimate of drug-likeness (QED) is 0.385. The molecule has 6 nitrogen and oxygen atoms in total. The van der Waals surface area contributed by atoms with Crippen molar-refractivity contribution in [3.8, 4) is 5.75 Å². The van der Waals surface area contributed by atoms with Gasteiger partial charge in [-0.3, -0.25) is 19.3 Å². The van der Waals surface area contributed by atoms with Crippen molar-refractivity contribution in [1.82, 2.24) is 4.90 Å². The molecular weight excluding hydrogens is 484 g/mol. The number of nitrogens with one attached hydrogen (secondary N) is 1. The Labute approximate surface area is 212 Å². The highest BCUT2D eigenvalue weighted by Crippen LogP contribution is 2.32. The molecule has 0 bridgehead atoms. The van der Waals surface area contributed by atoms with Crippen LogP contribution in [0, 0.1) is 13.8 Å². The summed E-state index contributed by atoms with van der Waals surface area (Å²) in [7, 11) is 0. The van der Waals surface area contributed by atoms with Crippen LogP contribution < -0.4 is 10.1 Å². The minimum absolute atomic E-state index is 0.263. The zero-order chi connectivity index (χ0) is 24.9. The van der Waals surface area contributed by atoms with Crippen LogP contribution in [0.2, 0.25) is 5.02 Å². The van der Waals surface area contributed by atoms with Crippen LogP contribution in [0.25, 0.3) is 6.08 Å². The van der Waals surface area contributed by atoms with Crippen molar-refractivity contribution in [3.63, 3.8) is 0 Å². The minimum Gasteiger partial charge on any atom is -0.489 e. The van der Waals surface area contributed by atoms with Gasteiger partial charge in [0, 0.05) is 16.3 Å². The molecule has 3 amide bonds. The van der Waals surface area contributed by atoms with Gasteiger partial charge in [-0.25, -0.2) is 0 Å². The molecular formula is C27H23ClN2O4S. The first-order chi connectivity index (χ1) is 16.8. The van der Waals surface area contributed by atoms with Crippen molar-refractivity contribution >= 4 is 52.2 Å². The van der Waals surface area contributed by atoms with Gasteiger partial charge in [0.1, 0.15) is 18.9 Å². The largest absolute Gasteiger partial charge is 0.489 e. The monoisotopic (exact) mass is 506 g/mol. The summed E-state index contributed by atoms with van der Waals surface area (Å²) in [6.07, 6.45) is 1.63. The highest BCUT2D eigenvalue weighted by Gasteiger charge is 2.36. The Morgan fingerprint density at radius 1 is 1.06 bits per heavy atom. The Morgan fingerprint density at radius 3 is 2.54 bits per heavy atom. The van der Waals surface area contributed by atoms with E-state index >= 15 is 0 Å². The van der Waals surface area contributed by atoms with Crippen molar-refractivity contribution in [2.75, 3.05) is 11.9 Å². The molecule has 0 spiro atoms. The number of anilines is 1. The number of carbonyl (C=O) groups excluding carboxylic acids is 3. The fourth-order valence-corrected chi connectivity index (χ4v) is 4.46. The van der Waals surface area contributed by atoms with E-state index in [-0.39, 0.29) is 11.4 Å². The number of hydrogen-bond donors (Lipinski definition) is 1. The molecule has 8 heteroatoms. The molecule has 1 aliphatic rings. The predicted octanol–water partition coefficient (Wildman–Crippen LogP) is 6.21. The number of ether oxygens (including phenoxy) is 1. The molecule has 4 rings (SSSR count). The van der Waals surface area contributed by atoms with Crippen LogP contribution >= 0.6 is 23.4 Å². The van der Waals surface area contributed by atoms with Gasteiger partial charge in [-0.2, -0.15) is 0 Å². The molecule has 3 aromatic carbocycles. The molecule has 0 radical (unpaired) electrons. The first-order valence-corrected chi connectivity index (χ1v) is 12.1. The van der Waals surface area contributed by atoms with Crippen LogP contribution in [0.5, 0.6) is 5.75 Å². The maximum atomic E-state index is 12.8. The maximum absolute atomic E-state index is 12.8. The highest BCUT2D eigenvalue weighted by atomic mass is 35.5. The van der Waals surface area contributed by atoms with Gasteiger partial charge in [0.2, 0.25) is 5.91 Å². The van der Waals surface area contributed by atoms with Crippen molar-refractivity contribution in [2.45, 2.75) is 20.5 Å². The highest BCUT2D eigenvalue weighted by molar-refractivity contribution is 8.18. The standard InChI is InChI=1S/C27H23ClN2O4S/c1-17-7-8-18(2)23(13-17)29-25(31)15-30-26(32)24(35-27(30)33)14-19-9-11-21(12-10-19)34-16-20-5-3-4-6-22(20)28/h3-14H,15-16H2,1-2H3,(H,29,31)/b24-14+. The van der Waals surface area contributed by atoms with E-state index in [2.05, 4.69) is 5.32 Å². The molecule has 3 aromatic rings. The Bertz CT molecular complexity index is 1320. The van der Waals surface area contributed by atoms with E-state index in [4.69, 9.17) is 16.3 Å². The van der Waals surface area contributed by atoms with Crippen LogP contribution in [-0.2, 0) is 16.2 Å². The Morgan fingerprint density at radius 2 is 1.80 bits per heavy atom. The van der Waals surface area contributed by atoms with Gasteiger partial charge in [0.25, 0.3) is 11.1 Å². The second-order valence-electron chi connectivity index (χ2n) is 8.08. The van der Waals surface area contributed by atoms with Gasteiger partial charge in [0.15, 0.2) is 0 Å². The first-order valence-electron chi connectivity index (χ1n) is 10.9. The van der Waals surface area contributed by atoms with Gasteiger partial charge >= 0.3 is 0 Å². The van der Waals surface area contributed by atoms with E-state index in [1.807, 2.05) is 56.3 Å². The molecule has 1 aliphatic heterocycles. The molecule has 178 valence electrons. The number of rotatable bonds is 7. The molecule has 0 unspecified atom stereocenters. The van der Waals surface area contributed by atoms with E-state index in [1.54, 1.807) is 30.3 Å². The second-order valence-corrected chi connectivity index (χ2v) is 9.48. The number of amides is 3. The number of benzene rings is 3. The van der Waals surface area contributed by atoms with Gasteiger partial charge in [-0.1, -0.05) is 54.1 Å². The summed E-state index contributed by atoms with van der Waals surface area (Å²) in [5, 5.41) is 2.95. The average molecular weight is 507 g/mol. The van der Waals surface area contributed by atoms with E-state index in [0.717, 1.165) is 38.9 Å². The first kappa shape index (κ1) is 24.6. The Hall–Kier alpha value is -3.55. The summed E-state index contributed by atoms with van der Waals surface area (Å²) >= 11 is 6.97. The topological polar surface area (TPSA) is 75.7 Å². The van der Waals surface area contributed by atoms with E-state index in [1.165, 1.54) is 0 Å². The third kappa shape index (κ3) is 6.12. The Balaban J connectivity index is 1.37. The summed E-state index contributed by atoms with van der Waals surface area (Å²) in [5.41, 5.74) is 4.18. The third-order valence-corrected chi connectivity index (χ3v) is 6.65. The fourth-order valence-electron chi connectivity index (χ4n) is 3.43. The number of nitrogens with zero attached hydrogens (tertiary/aromatic N) is 1. The lowest BCUT2D eigenvalue weighted by Crippen LogP contribution is -2.36. The number of thioether (sulfide) groups is 1. The molecule has 0 aliphatic carbocycles. The van der Waals surface area contributed by atoms with Crippen LogP contribution in [-0.4, -0.2) is 28.5 Å². The summed E-state index contributed by atoms with van der Waals surface area (Å²) < 4.78 is 5.78. The van der Waals surface area contributed by atoms with Crippen molar-refractivity contribution in [2.24, 2.45) is 0 Å². The summed E-state index contributed by atoms with van der Waals surface area (Å²) in [6, 6.07) is 20.3. The lowest BCUT2D eigenvalue weighted by atomic mass is 10.1. The van der Waals surface area contributed by atoms with Gasteiger partial charge in [0.05, 0.1) is 4.91 Å². The summed E-state index contributed by atoms with van der Waals surface area (Å²) in [6.45, 7) is 3.80. The molecule has 0 saturated carbocycles. The molecule has 0 aromatic heterocycles. The number of halogens is 1. The molecule has 1 N–H and O–H groups in total.